The van der Waals surface area contributed by atoms with Crippen LogP contribution in [0.2, 0.25) is 0 Å². The van der Waals surface area contributed by atoms with Gasteiger partial charge in [-0.25, -0.2) is 0 Å². The standard InChI is InChI=1S/C15H16N4O/c1-12(15-8-5-9-20-15)16-10-13-11-17-19(18-13)14-6-3-2-4-7-14/h2-9,11-12,16H,10H2,1H3/t12-/m1/s1. The molecule has 0 unspecified atom stereocenters. The Morgan fingerprint density at radius 2 is 2.05 bits per heavy atom. The van der Waals surface area contributed by atoms with Gasteiger partial charge in [-0.05, 0) is 31.2 Å². The molecular formula is C15H16N4O. The van der Waals surface area contributed by atoms with Crippen LogP contribution in [-0.2, 0) is 6.54 Å². The Labute approximate surface area is 117 Å². The lowest BCUT2D eigenvalue weighted by Gasteiger charge is -2.09. The molecule has 1 atom stereocenters. The Balaban J connectivity index is 1.63. The van der Waals surface area contributed by atoms with Crippen molar-refractivity contribution >= 4 is 0 Å². The van der Waals surface area contributed by atoms with E-state index in [2.05, 4.69) is 22.4 Å². The third-order valence-corrected chi connectivity index (χ3v) is 3.09. The molecule has 2 aromatic heterocycles. The Hall–Kier alpha value is -2.40. The summed E-state index contributed by atoms with van der Waals surface area (Å²) in [5.74, 6) is 0.917. The molecule has 0 saturated heterocycles. The van der Waals surface area contributed by atoms with Crippen LogP contribution >= 0.6 is 0 Å². The van der Waals surface area contributed by atoms with Crippen molar-refractivity contribution in [3.63, 3.8) is 0 Å². The van der Waals surface area contributed by atoms with Gasteiger partial charge >= 0.3 is 0 Å². The van der Waals surface area contributed by atoms with Gasteiger partial charge in [0.1, 0.15) is 5.76 Å². The van der Waals surface area contributed by atoms with Gasteiger partial charge in [-0.1, -0.05) is 18.2 Å². The first-order valence-electron chi connectivity index (χ1n) is 6.56. The number of hydrogen-bond acceptors (Lipinski definition) is 4. The molecule has 102 valence electrons. The molecule has 0 bridgehead atoms. The second-order valence-corrected chi connectivity index (χ2v) is 4.58. The van der Waals surface area contributed by atoms with Crippen molar-refractivity contribution in [2.24, 2.45) is 0 Å². The highest BCUT2D eigenvalue weighted by Gasteiger charge is 2.09. The normalized spacial score (nSPS) is 12.4. The summed E-state index contributed by atoms with van der Waals surface area (Å²) in [5.41, 5.74) is 1.85. The van der Waals surface area contributed by atoms with Crippen LogP contribution in [0.15, 0.2) is 59.3 Å². The van der Waals surface area contributed by atoms with Gasteiger partial charge in [-0.2, -0.15) is 15.0 Å². The highest BCUT2D eigenvalue weighted by molar-refractivity contribution is 5.28. The van der Waals surface area contributed by atoms with Crippen LogP contribution in [0.4, 0.5) is 0 Å². The number of furan rings is 1. The van der Waals surface area contributed by atoms with Crippen LogP contribution in [-0.4, -0.2) is 15.0 Å². The number of hydrogen-bond donors (Lipinski definition) is 1. The maximum Gasteiger partial charge on any atom is 0.120 e. The average molecular weight is 268 g/mol. The smallest absolute Gasteiger partial charge is 0.120 e. The van der Waals surface area contributed by atoms with Gasteiger partial charge in [0, 0.05) is 6.54 Å². The minimum Gasteiger partial charge on any atom is -0.468 e. The second-order valence-electron chi connectivity index (χ2n) is 4.58. The number of aromatic nitrogens is 3. The second kappa shape index (κ2) is 5.71. The predicted octanol–water partition coefficient (Wildman–Crippen LogP) is 2.71. The summed E-state index contributed by atoms with van der Waals surface area (Å²) in [6, 6.07) is 13.8. The summed E-state index contributed by atoms with van der Waals surface area (Å²) >= 11 is 0. The fourth-order valence-corrected chi connectivity index (χ4v) is 1.96. The van der Waals surface area contributed by atoms with Crippen LogP contribution in [0.1, 0.15) is 24.4 Å². The molecule has 0 radical (unpaired) electrons. The molecule has 0 saturated carbocycles. The summed E-state index contributed by atoms with van der Waals surface area (Å²) in [4.78, 5) is 1.63. The molecule has 0 fully saturated rings. The van der Waals surface area contributed by atoms with E-state index in [-0.39, 0.29) is 6.04 Å². The summed E-state index contributed by atoms with van der Waals surface area (Å²) < 4.78 is 5.35. The topological polar surface area (TPSA) is 55.9 Å². The Morgan fingerprint density at radius 1 is 1.20 bits per heavy atom. The van der Waals surface area contributed by atoms with E-state index in [0.29, 0.717) is 6.54 Å². The van der Waals surface area contributed by atoms with E-state index in [9.17, 15) is 0 Å². The largest absolute Gasteiger partial charge is 0.468 e. The number of nitrogens with one attached hydrogen (secondary N) is 1. The Kier molecular flexibility index (Phi) is 3.60. The van der Waals surface area contributed by atoms with Gasteiger partial charge in [0.05, 0.1) is 29.9 Å². The third kappa shape index (κ3) is 2.78. The number of nitrogens with zero attached hydrogens (tertiary/aromatic N) is 3. The lowest BCUT2D eigenvalue weighted by atomic mass is 10.2. The van der Waals surface area contributed by atoms with Gasteiger partial charge in [-0.3, -0.25) is 0 Å². The average Bonchev–Trinajstić information content (AvgIpc) is 3.17. The van der Waals surface area contributed by atoms with Crippen molar-refractivity contribution in [2.75, 3.05) is 0 Å². The number of rotatable bonds is 5. The lowest BCUT2D eigenvalue weighted by Crippen LogP contribution is -2.18. The van der Waals surface area contributed by atoms with E-state index in [1.165, 1.54) is 0 Å². The van der Waals surface area contributed by atoms with E-state index in [4.69, 9.17) is 4.42 Å². The Bertz CT molecular complexity index is 646. The summed E-state index contributed by atoms with van der Waals surface area (Å²) in [6.07, 6.45) is 3.45. The molecular weight excluding hydrogens is 252 g/mol. The van der Waals surface area contributed by atoms with E-state index < -0.39 is 0 Å². The predicted molar refractivity (Wildman–Crippen MR) is 75.3 cm³/mol. The highest BCUT2D eigenvalue weighted by Crippen LogP contribution is 2.12. The zero-order chi connectivity index (χ0) is 13.8. The molecule has 3 rings (SSSR count). The van der Waals surface area contributed by atoms with Crippen LogP contribution in [0, 0.1) is 0 Å². The minimum atomic E-state index is 0.145. The first-order chi connectivity index (χ1) is 9.83. The maximum absolute atomic E-state index is 5.35. The lowest BCUT2D eigenvalue weighted by molar-refractivity contribution is 0.428. The highest BCUT2D eigenvalue weighted by atomic mass is 16.3. The Morgan fingerprint density at radius 3 is 2.80 bits per heavy atom. The molecule has 3 aromatic rings. The summed E-state index contributed by atoms with van der Waals surface area (Å²) in [7, 11) is 0. The fraction of sp³-hybridized carbons (Fsp3) is 0.200. The first kappa shape index (κ1) is 12.6. The zero-order valence-corrected chi connectivity index (χ0v) is 11.2. The SMILES string of the molecule is C[C@@H](NCc1cnn(-c2ccccc2)n1)c1ccco1. The van der Waals surface area contributed by atoms with Crippen LogP contribution in [0.3, 0.4) is 0 Å². The quantitative estimate of drug-likeness (QED) is 0.773. The van der Waals surface area contributed by atoms with Gasteiger partial charge < -0.3 is 9.73 Å². The molecule has 0 spiro atoms. The molecule has 1 N–H and O–H groups in total. The van der Waals surface area contributed by atoms with E-state index in [1.807, 2.05) is 42.5 Å². The monoisotopic (exact) mass is 268 g/mol. The summed E-state index contributed by atoms with van der Waals surface area (Å²) in [6.45, 7) is 2.70. The van der Waals surface area contributed by atoms with Gasteiger partial charge in [0.25, 0.3) is 0 Å². The molecule has 20 heavy (non-hydrogen) atoms. The molecule has 0 aliphatic rings. The maximum atomic E-state index is 5.35. The van der Waals surface area contributed by atoms with Crippen molar-refractivity contribution in [2.45, 2.75) is 19.5 Å². The van der Waals surface area contributed by atoms with E-state index in [0.717, 1.165) is 17.1 Å². The first-order valence-corrected chi connectivity index (χ1v) is 6.56. The summed E-state index contributed by atoms with van der Waals surface area (Å²) in [5, 5.41) is 12.1. The van der Waals surface area contributed by atoms with Crippen molar-refractivity contribution < 1.29 is 4.42 Å². The minimum absolute atomic E-state index is 0.145. The van der Waals surface area contributed by atoms with Crippen LogP contribution < -0.4 is 5.32 Å². The van der Waals surface area contributed by atoms with Gasteiger partial charge in [0.15, 0.2) is 0 Å². The van der Waals surface area contributed by atoms with Crippen molar-refractivity contribution in [1.82, 2.24) is 20.3 Å². The molecule has 0 aliphatic heterocycles. The van der Waals surface area contributed by atoms with Crippen LogP contribution in [0.25, 0.3) is 5.69 Å². The van der Waals surface area contributed by atoms with Gasteiger partial charge in [-0.15, -0.1) is 0 Å². The van der Waals surface area contributed by atoms with Gasteiger partial charge in [0.2, 0.25) is 0 Å². The van der Waals surface area contributed by atoms with Crippen molar-refractivity contribution in [3.8, 4) is 5.69 Å². The zero-order valence-electron chi connectivity index (χ0n) is 11.2. The molecule has 0 aliphatic carbocycles. The molecule has 2 heterocycles. The van der Waals surface area contributed by atoms with E-state index in [1.54, 1.807) is 17.3 Å². The molecule has 5 nitrogen and oxygen atoms in total. The molecule has 1 aromatic carbocycles. The molecule has 5 heteroatoms. The van der Waals surface area contributed by atoms with E-state index >= 15 is 0 Å². The van der Waals surface area contributed by atoms with Crippen LogP contribution in [0.5, 0.6) is 0 Å². The fourth-order valence-electron chi connectivity index (χ4n) is 1.96. The third-order valence-electron chi connectivity index (χ3n) is 3.09. The molecule has 0 amide bonds. The van der Waals surface area contributed by atoms with Crippen molar-refractivity contribution in [3.05, 3.63) is 66.4 Å². The number of benzene rings is 1. The number of para-hydroxylation sites is 1. The van der Waals surface area contributed by atoms with Crippen molar-refractivity contribution in [1.29, 1.82) is 0 Å².